The first-order valence-electron chi connectivity index (χ1n) is 7.83. The SMILES string of the molecule is CC(NC1CCC(C)C(C)C1)c1nnc2n1CCC2. The zero-order valence-electron chi connectivity index (χ0n) is 12.4. The predicted molar refractivity (Wildman–Crippen MR) is 75.9 cm³/mol. The number of rotatable bonds is 3. The summed E-state index contributed by atoms with van der Waals surface area (Å²) in [5.74, 6) is 4.03. The molecule has 4 heteroatoms. The monoisotopic (exact) mass is 262 g/mol. The average molecular weight is 262 g/mol. The van der Waals surface area contributed by atoms with Crippen LogP contribution in [0.15, 0.2) is 0 Å². The highest BCUT2D eigenvalue weighted by molar-refractivity contribution is 5.04. The molecule has 106 valence electrons. The first-order valence-corrected chi connectivity index (χ1v) is 7.83. The van der Waals surface area contributed by atoms with Crippen LogP contribution in [-0.2, 0) is 13.0 Å². The highest BCUT2D eigenvalue weighted by Crippen LogP contribution is 2.30. The molecule has 1 fully saturated rings. The normalized spacial score (nSPS) is 32.3. The summed E-state index contributed by atoms with van der Waals surface area (Å²) < 4.78 is 2.31. The Balaban J connectivity index is 1.63. The summed E-state index contributed by atoms with van der Waals surface area (Å²) in [6.45, 7) is 8.10. The summed E-state index contributed by atoms with van der Waals surface area (Å²) in [6, 6.07) is 0.973. The Morgan fingerprint density at radius 3 is 2.84 bits per heavy atom. The molecular formula is C15H26N4. The van der Waals surface area contributed by atoms with Gasteiger partial charge in [0.2, 0.25) is 0 Å². The summed E-state index contributed by atoms with van der Waals surface area (Å²) in [4.78, 5) is 0. The maximum atomic E-state index is 4.39. The lowest BCUT2D eigenvalue weighted by Crippen LogP contribution is -2.38. The van der Waals surface area contributed by atoms with E-state index in [1.807, 2.05) is 0 Å². The van der Waals surface area contributed by atoms with Crippen molar-refractivity contribution in [3.63, 3.8) is 0 Å². The van der Waals surface area contributed by atoms with Gasteiger partial charge in [0.05, 0.1) is 6.04 Å². The first kappa shape index (κ1) is 13.1. The van der Waals surface area contributed by atoms with E-state index in [2.05, 4.69) is 40.9 Å². The molecule has 1 saturated carbocycles. The zero-order valence-corrected chi connectivity index (χ0v) is 12.4. The lowest BCUT2D eigenvalue weighted by Gasteiger charge is -2.34. The van der Waals surface area contributed by atoms with E-state index in [1.165, 1.54) is 31.5 Å². The molecule has 4 unspecified atom stereocenters. The van der Waals surface area contributed by atoms with Gasteiger partial charge in [0.1, 0.15) is 11.6 Å². The van der Waals surface area contributed by atoms with Crippen LogP contribution in [0, 0.1) is 11.8 Å². The van der Waals surface area contributed by atoms with Crippen LogP contribution >= 0.6 is 0 Å². The van der Waals surface area contributed by atoms with E-state index in [1.54, 1.807) is 0 Å². The Labute approximate surface area is 116 Å². The maximum Gasteiger partial charge on any atom is 0.149 e. The standard InChI is InChI=1S/C15H26N4/c1-10-6-7-13(9-11(10)2)16-12(3)15-18-17-14-5-4-8-19(14)15/h10-13,16H,4-9H2,1-3H3. The molecule has 1 N–H and O–H groups in total. The van der Waals surface area contributed by atoms with Gasteiger partial charge in [-0.3, -0.25) is 0 Å². The highest BCUT2D eigenvalue weighted by Gasteiger charge is 2.27. The van der Waals surface area contributed by atoms with Crippen molar-refractivity contribution in [2.24, 2.45) is 11.8 Å². The summed E-state index contributed by atoms with van der Waals surface area (Å²) in [5.41, 5.74) is 0. The Kier molecular flexibility index (Phi) is 3.61. The molecule has 0 aromatic carbocycles. The van der Waals surface area contributed by atoms with E-state index >= 15 is 0 Å². The molecule has 0 radical (unpaired) electrons. The predicted octanol–water partition coefficient (Wildman–Crippen LogP) is 2.70. The van der Waals surface area contributed by atoms with Crippen molar-refractivity contribution in [2.45, 2.75) is 71.5 Å². The third-order valence-electron chi connectivity index (χ3n) is 5.11. The van der Waals surface area contributed by atoms with E-state index < -0.39 is 0 Å². The fraction of sp³-hybridized carbons (Fsp3) is 0.867. The molecule has 2 aliphatic rings. The molecule has 19 heavy (non-hydrogen) atoms. The number of nitrogens with one attached hydrogen (secondary N) is 1. The number of hydrogen-bond donors (Lipinski definition) is 1. The third kappa shape index (κ3) is 2.55. The Morgan fingerprint density at radius 1 is 1.21 bits per heavy atom. The first-order chi connectivity index (χ1) is 9.15. The Morgan fingerprint density at radius 2 is 2.05 bits per heavy atom. The van der Waals surface area contributed by atoms with Crippen LogP contribution in [0.25, 0.3) is 0 Å². The van der Waals surface area contributed by atoms with Crippen molar-refractivity contribution in [1.82, 2.24) is 20.1 Å². The van der Waals surface area contributed by atoms with Crippen molar-refractivity contribution in [2.75, 3.05) is 0 Å². The number of hydrogen-bond acceptors (Lipinski definition) is 3. The second-order valence-corrected chi connectivity index (χ2v) is 6.58. The topological polar surface area (TPSA) is 42.7 Å². The molecule has 0 amide bonds. The molecule has 0 bridgehead atoms. The van der Waals surface area contributed by atoms with Crippen LogP contribution in [-0.4, -0.2) is 20.8 Å². The van der Waals surface area contributed by atoms with Crippen molar-refractivity contribution >= 4 is 0 Å². The van der Waals surface area contributed by atoms with Gasteiger partial charge in [-0.25, -0.2) is 0 Å². The fourth-order valence-corrected chi connectivity index (χ4v) is 3.62. The quantitative estimate of drug-likeness (QED) is 0.910. The van der Waals surface area contributed by atoms with Crippen LogP contribution < -0.4 is 5.32 Å². The second kappa shape index (κ2) is 5.23. The molecule has 1 aliphatic heterocycles. The van der Waals surface area contributed by atoms with Gasteiger partial charge < -0.3 is 9.88 Å². The van der Waals surface area contributed by atoms with Crippen molar-refractivity contribution in [3.05, 3.63) is 11.6 Å². The fourth-order valence-electron chi connectivity index (χ4n) is 3.62. The Hall–Kier alpha value is -0.900. The summed E-state index contributed by atoms with van der Waals surface area (Å²) in [5, 5.41) is 12.5. The number of aryl methyl sites for hydroxylation is 1. The molecule has 0 saturated heterocycles. The molecule has 3 rings (SSSR count). The maximum absolute atomic E-state index is 4.39. The smallest absolute Gasteiger partial charge is 0.149 e. The molecular weight excluding hydrogens is 236 g/mol. The number of nitrogens with zero attached hydrogens (tertiary/aromatic N) is 3. The molecule has 1 aromatic rings. The molecule has 1 aliphatic carbocycles. The van der Waals surface area contributed by atoms with E-state index in [0.29, 0.717) is 12.1 Å². The van der Waals surface area contributed by atoms with Crippen LogP contribution in [0.4, 0.5) is 0 Å². The lowest BCUT2D eigenvalue weighted by atomic mass is 9.79. The lowest BCUT2D eigenvalue weighted by molar-refractivity contribution is 0.215. The summed E-state index contributed by atoms with van der Waals surface area (Å²) >= 11 is 0. The van der Waals surface area contributed by atoms with E-state index in [9.17, 15) is 0 Å². The number of fused-ring (bicyclic) bond motifs is 1. The van der Waals surface area contributed by atoms with Crippen LogP contribution in [0.1, 0.15) is 64.1 Å². The van der Waals surface area contributed by atoms with Crippen LogP contribution in [0.5, 0.6) is 0 Å². The minimum atomic E-state index is 0.324. The van der Waals surface area contributed by atoms with Gasteiger partial charge in [-0.2, -0.15) is 0 Å². The van der Waals surface area contributed by atoms with Crippen LogP contribution in [0.2, 0.25) is 0 Å². The van der Waals surface area contributed by atoms with Gasteiger partial charge in [-0.15, -0.1) is 10.2 Å². The minimum absolute atomic E-state index is 0.324. The second-order valence-electron chi connectivity index (χ2n) is 6.58. The largest absolute Gasteiger partial charge is 0.314 e. The molecule has 0 spiro atoms. The van der Waals surface area contributed by atoms with Gasteiger partial charge in [-0.05, 0) is 44.4 Å². The van der Waals surface area contributed by atoms with E-state index in [-0.39, 0.29) is 0 Å². The third-order valence-corrected chi connectivity index (χ3v) is 5.11. The van der Waals surface area contributed by atoms with Crippen molar-refractivity contribution < 1.29 is 0 Å². The van der Waals surface area contributed by atoms with Crippen molar-refractivity contribution in [1.29, 1.82) is 0 Å². The van der Waals surface area contributed by atoms with E-state index in [0.717, 1.165) is 30.6 Å². The Bertz CT molecular complexity index is 439. The minimum Gasteiger partial charge on any atom is -0.314 e. The summed E-state index contributed by atoms with van der Waals surface area (Å²) in [7, 11) is 0. The number of aromatic nitrogens is 3. The van der Waals surface area contributed by atoms with Gasteiger partial charge in [0, 0.05) is 19.0 Å². The molecule has 4 atom stereocenters. The van der Waals surface area contributed by atoms with Gasteiger partial charge in [0.25, 0.3) is 0 Å². The summed E-state index contributed by atoms with van der Waals surface area (Å²) in [6.07, 6.45) is 6.27. The van der Waals surface area contributed by atoms with Gasteiger partial charge in [-0.1, -0.05) is 13.8 Å². The van der Waals surface area contributed by atoms with E-state index in [4.69, 9.17) is 0 Å². The zero-order chi connectivity index (χ0) is 13.4. The van der Waals surface area contributed by atoms with Crippen LogP contribution in [0.3, 0.4) is 0 Å². The highest BCUT2D eigenvalue weighted by atomic mass is 15.3. The van der Waals surface area contributed by atoms with Gasteiger partial charge in [0.15, 0.2) is 0 Å². The average Bonchev–Trinajstić information content (AvgIpc) is 2.95. The molecule has 2 heterocycles. The van der Waals surface area contributed by atoms with Gasteiger partial charge >= 0.3 is 0 Å². The molecule has 1 aromatic heterocycles. The molecule has 4 nitrogen and oxygen atoms in total. The van der Waals surface area contributed by atoms with Crippen molar-refractivity contribution in [3.8, 4) is 0 Å².